The van der Waals surface area contributed by atoms with Gasteiger partial charge in [0.05, 0.1) is 0 Å². The minimum absolute atomic E-state index is 0.0179. The molecule has 24 heavy (non-hydrogen) atoms. The Labute approximate surface area is 140 Å². The lowest BCUT2D eigenvalue weighted by Gasteiger charge is -2.25. The SMILES string of the molecule is CCC(C)(C)c1ccc2ccn(C3CCC(=O)NC3=O)c(=O)c2c1. The van der Waals surface area contributed by atoms with Crippen molar-refractivity contribution >= 4 is 22.6 Å². The Hall–Kier alpha value is -2.43. The van der Waals surface area contributed by atoms with Gasteiger partial charge in [0.15, 0.2) is 0 Å². The lowest BCUT2D eigenvalue weighted by Crippen LogP contribution is -2.44. The smallest absolute Gasteiger partial charge is 0.259 e. The summed E-state index contributed by atoms with van der Waals surface area (Å²) < 4.78 is 1.45. The Morgan fingerprint density at radius 3 is 2.62 bits per heavy atom. The number of aromatic nitrogens is 1. The number of carbonyl (C=O) groups is 2. The van der Waals surface area contributed by atoms with Gasteiger partial charge in [-0.3, -0.25) is 19.7 Å². The molecule has 5 heteroatoms. The van der Waals surface area contributed by atoms with Gasteiger partial charge in [0.1, 0.15) is 6.04 Å². The van der Waals surface area contributed by atoms with Crippen LogP contribution in [-0.4, -0.2) is 16.4 Å². The number of hydrogen-bond donors (Lipinski definition) is 1. The molecule has 3 rings (SSSR count). The molecule has 0 radical (unpaired) electrons. The zero-order valence-corrected chi connectivity index (χ0v) is 14.3. The zero-order valence-electron chi connectivity index (χ0n) is 14.3. The van der Waals surface area contributed by atoms with E-state index in [0.717, 1.165) is 17.4 Å². The first-order valence-corrected chi connectivity index (χ1v) is 8.32. The van der Waals surface area contributed by atoms with E-state index in [1.807, 2.05) is 18.2 Å². The van der Waals surface area contributed by atoms with E-state index in [4.69, 9.17) is 0 Å². The molecule has 2 heterocycles. The molecule has 1 aromatic heterocycles. The molecule has 126 valence electrons. The number of nitrogens with zero attached hydrogens (tertiary/aromatic N) is 1. The molecule has 0 spiro atoms. The summed E-state index contributed by atoms with van der Waals surface area (Å²) in [5.41, 5.74) is 0.905. The number of hydrogen-bond acceptors (Lipinski definition) is 3. The number of benzene rings is 1. The number of piperidine rings is 1. The first kappa shape index (κ1) is 16.4. The van der Waals surface area contributed by atoms with Crippen molar-refractivity contribution in [2.24, 2.45) is 0 Å². The van der Waals surface area contributed by atoms with Crippen LogP contribution in [-0.2, 0) is 15.0 Å². The lowest BCUT2D eigenvalue weighted by atomic mass is 9.81. The molecule has 1 unspecified atom stereocenters. The molecule has 1 N–H and O–H groups in total. The Kier molecular flexibility index (Phi) is 4.03. The number of amides is 2. The molecule has 5 nitrogen and oxygen atoms in total. The molecular weight excluding hydrogens is 304 g/mol. The number of imide groups is 1. The summed E-state index contributed by atoms with van der Waals surface area (Å²) in [6, 6.07) is 7.18. The van der Waals surface area contributed by atoms with Crippen molar-refractivity contribution in [3.8, 4) is 0 Å². The van der Waals surface area contributed by atoms with Crippen molar-refractivity contribution in [2.75, 3.05) is 0 Å². The first-order valence-electron chi connectivity index (χ1n) is 8.32. The van der Waals surface area contributed by atoms with Crippen LogP contribution in [0.5, 0.6) is 0 Å². The normalized spacial score (nSPS) is 18.7. The highest BCUT2D eigenvalue weighted by Gasteiger charge is 2.29. The Balaban J connectivity index is 2.11. The minimum Gasteiger partial charge on any atom is -0.302 e. The molecule has 1 saturated heterocycles. The van der Waals surface area contributed by atoms with Crippen molar-refractivity contribution < 1.29 is 9.59 Å². The largest absolute Gasteiger partial charge is 0.302 e. The maximum atomic E-state index is 12.9. The molecule has 0 aliphatic carbocycles. The van der Waals surface area contributed by atoms with Gasteiger partial charge < -0.3 is 4.57 Å². The van der Waals surface area contributed by atoms with E-state index in [-0.39, 0.29) is 23.3 Å². The molecule has 1 fully saturated rings. The maximum Gasteiger partial charge on any atom is 0.259 e. The number of rotatable bonds is 3. The number of carbonyl (C=O) groups excluding carboxylic acids is 2. The fraction of sp³-hybridized carbons (Fsp3) is 0.421. The van der Waals surface area contributed by atoms with Crippen molar-refractivity contribution in [3.05, 3.63) is 46.4 Å². The molecule has 2 amide bonds. The third kappa shape index (κ3) is 2.75. The van der Waals surface area contributed by atoms with Gasteiger partial charge in [0.25, 0.3) is 5.56 Å². The average molecular weight is 326 g/mol. The van der Waals surface area contributed by atoms with Gasteiger partial charge in [-0.25, -0.2) is 0 Å². The highest BCUT2D eigenvalue weighted by Crippen LogP contribution is 2.28. The van der Waals surface area contributed by atoms with Gasteiger partial charge in [-0.15, -0.1) is 0 Å². The fourth-order valence-electron chi connectivity index (χ4n) is 3.07. The van der Waals surface area contributed by atoms with Crippen LogP contribution in [0, 0.1) is 0 Å². The van der Waals surface area contributed by atoms with Gasteiger partial charge in [0, 0.05) is 18.0 Å². The van der Waals surface area contributed by atoms with E-state index in [0.29, 0.717) is 11.8 Å². The van der Waals surface area contributed by atoms with Gasteiger partial charge in [-0.05, 0) is 41.3 Å². The van der Waals surface area contributed by atoms with Gasteiger partial charge in [0.2, 0.25) is 11.8 Å². The molecule has 1 atom stereocenters. The summed E-state index contributed by atoms with van der Waals surface area (Å²) in [5.74, 6) is -0.685. The zero-order chi connectivity index (χ0) is 17.5. The van der Waals surface area contributed by atoms with Crippen molar-refractivity contribution in [1.82, 2.24) is 9.88 Å². The fourth-order valence-corrected chi connectivity index (χ4v) is 3.07. The van der Waals surface area contributed by atoms with E-state index >= 15 is 0 Å². The van der Waals surface area contributed by atoms with Crippen LogP contribution in [0.2, 0.25) is 0 Å². The third-order valence-corrected chi connectivity index (χ3v) is 5.14. The molecular formula is C19H22N2O3. The van der Waals surface area contributed by atoms with Crippen LogP contribution in [0.3, 0.4) is 0 Å². The number of nitrogens with one attached hydrogen (secondary N) is 1. The van der Waals surface area contributed by atoms with Crippen molar-refractivity contribution in [3.63, 3.8) is 0 Å². The van der Waals surface area contributed by atoms with Crippen molar-refractivity contribution in [1.29, 1.82) is 0 Å². The summed E-state index contributed by atoms with van der Waals surface area (Å²) in [6.07, 6.45) is 3.22. The van der Waals surface area contributed by atoms with E-state index in [2.05, 4.69) is 32.2 Å². The molecule has 0 bridgehead atoms. The second kappa shape index (κ2) is 5.89. The van der Waals surface area contributed by atoms with Gasteiger partial charge in [-0.1, -0.05) is 32.9 Å². The summed E-state index contributed by atoms with van der Waals surface area (Å²) >= 11 is 0. The average Bonchev–Trinajstić information content (AvgIpc) is 2.56. The van der Waals surface area contributed by atoms with Gasteiger partial charge >= 0.3 is 0 Å². The number of pyridine rings is 1. The van der Waals surface area contributed by atoms with Crippen molar-refractivity contribution in [2.45, 2.75) is 51.5 Å². The van der Waals surface area contributed by atoms with E-state index in [1.165, 1.54) is 4.57 Å². The lowest BCUT2D eigenvalue weighted by molar-refractivity contribution is -0.135. The highest BCUT2D eigenvalue weighted by atomic mass is 16.2. The standard InChI is InChI=1S/C19H22N2O3/c1-4-19(2,3)13-6-5-12-9-10-21(18(24)14(12)11-13)15-7-8-16(22)20-17(15)23/h5-6,9-11,15H,4,7-8H2,1-3H3,(H,20,22,23). The summed E-state index contributed by atoms with van der Waals surface area (Å²) in [4.78, 5) is 36.3. The monoisotopic (exact) mass is 326 g/mol. The van der Waals surface area contributed by atoms with E-state index < -0.39 is 11.9 Å². The molecule has 0 saturated carbocycles. The summed E-state index contributed by atoms with van der Waals surface area (Å²) in [6.45, 7) is 6.42. The van der Waals surface area contributed by atoms with Crippen LogP contribution < -0.4 is 10.9 Å². The minimum atomic E-state index is -0.623. The predicted octanol–water partition coefficient (Wildman–Crippen LogP) is 2.67. The predicted molar refractivity (Wildman–Crippen MR) is 92.9 cm³/mol. The van der Waals surface area contributed by atoms with Crippen LogP contribution >= 0.6 is 0 Å². The van der Waals surface area contributed by atoms with E-state index in [9.17, 15) is 14.4 Å². The van der Waals surface area contributed by atoms with Crippen LogP contribution in [0.25, 0.3) is 10.8 Å². The molecule has 1 aliphatic heterocycles. The molecule has 2 aromatic rings. The van der Waals surface area contributed by atoms with Crippen LogP contribution in [0.15, 0.2) is 35.3 Å². The summed E-state index contributed by atoms with van der Waals surface area (Å²) in [5, 5.41) is 3.78. The Bertz CT molecular complexity index is 880. The van der Waals surface area contributed by atoms with Gasteiger partial charge in [-0.2, -0.15) is 0 Å². The molecule has 1 aromatic carbocycles. The van der Waals surface area contributed by atoms with Crippen LogP contribution in [0.1, 0.15) is 51.6 Å². The van der Waals surface area contributed by atoms with E-state index in [1.54, 1.807) is 6.20 Å². The summed E-state index contributed by atoms with van der Waals surface area (Å²) in [7, 11) is 0. The Morgan fingerprint density at radius 1 is 1.21 bits per heavy atom. The first-order chi connectivity index (χ1) is 11.3. The second-order valence-electron chi connectivity index (χ2n) is 7.03. The number of fused-ring (bicyclic) bond motifs is 1. The third-order valence-electron chi connectivity index (χ3n) is 5.14. The van der Waals surface area contributed by atoms with Crippen LogP contribution in [0.4, 0.5) is 0 Å². The molecule has 1 aliphatic rings. The highest BCUT2D eigenvalue weighted by molar-refractivity contribution is 5.99. The topological polar surface area (TPSA) is 68.2 Å². The Morgan fingerprint density at radius 2 is 1.96 bits per heavy atom. The maximum absolute atomic E-state index is 12.9. The quantitative estimate of drug-likeness (QED) is 0.882. The second-order valence-corrected chi connectivity index (χ2v) is 7.03.